The summed E-state index contributed by atoms with van der Waals surface area (Å²) in [6.45, 7) is 4.12. The summed E-state index contributed by atoms with van der Waals surface area (Å²) in [5.74, 6) is 0. The Kier molecular flexibility index (Phi) is 8.33. The number of benzene rings is 10. The lowest BCUT2D eigenvalue weighted by Crippen LogP contribution is -1.97. The van der Waals surface area contributed by atoms with Crippen LogP contribution in [0.2, 0.25) is 0 Å². The molecule has 0 saturated heterocycles. The van der Waals surface area contributed by atoms with Gasteiger partial charge < -0.3 is 0 Å². The van der Waals surface area contributed by atoms with Crippen LogP contribution in [0.5, 0.6) is 0 Å². The molecule has 2 nitrogen and oxygen atoms in total. The van der Waals surface area contributed by atoms with E-state index in [-0.39, 0.29) is 0 Å². The third kappa shape index (κ3) is 5.87. The zero-order valence-corrected chi connectivity index (χ0v) is 34.5. The van der Waals surface area contributed by atoms with Crippen molar-refractivity contribution < 1.29 is 0 Å². The first-order chi connectivity index (χ1) is 30.6. The second kappa shape index (κ2) is 14.4. The van der Waals surface area contributed by atoms with E-state index in [9.17, 15) is 0 Å². The van der Waals surface area contributed by atoms with E-state index < -0.39 is 0 Å². The minimum atomic E-state index is 0.933. The van der Waals surface area contributed by atoms with E-state index >= 15 is 0 Å². The molecule has 12 rings (SSSR count). The Morgan fingerprint density at radius 2 is 0.661 bits per heavy atom. The lowest BCUT2D eigenvalue weighted by molar-refractivity contribution is 1.23. The summed E-state index contributed by atoms with van der Waals surface area (Å²) in [6, 6.07) is 75.8. The predicted octanol–water partition coefficient (Wildman–Crippen LogP) is 16.3. The van der Waals surface area contributed by atoms with Crippen LogP contribution in [0, 0.1) is 13.8 Å². The first kappa shape index (κ1) is 36.0. The van der Waals surface area contributed by atoms with Gasteiger partial charge in [-0.3, -0.25) is 9.97 Å². The highest BCUT2D eigenvalue weighted by molar-refractivity contribution is 6.23. The molecule has 0 atom stereocenters. The Hall–Kier alpha value is -7.94. The quantitative estimate of drug-likeness (QED) is 0.128. The molecule has 0 spiro atoms. The third-order valence-electron chi connectivity index (χ3n) is 12.7. The van der Waals surface area contributed by atoms with Crippen LogP contribution in [-0.2, 0) is 0 Å². The molecule has 0 bridgehead atoms. The smallest absolute Gasteiger partial charge is 0.0974 e. The minimum absolute atomic E-state index is 0.933. The molecule has 0 amide bonds. The fourth-order valence-corrected chi connectivity index (χ4v) is 9.88. The standard InChI is InChI=1S/C60H40N2/c1-37-23-30-52-57(41-15-4-3-5-16-41)58(53-31-24-38(2)62-60(53)59(52)61-37)46-20-12-19-44(35-46)45-29-32-51-54(36-45)56(48-28-26-40-14-7-9-18-43(40)34-48)50-22-11-10-21-49(50)55(51)47-27-25-39-13-6-8-17-42(39)33-47/h3-36H,1-2H3. The zero-order valence-electron chi connectivity index (χ0n) is 34.5. The van der Waals surface area contributed by atoms with Gasteiger partial charge in [-0.2, -0.15) is 0 Å². The van der Waals surface area contributed by atoms with Crippen LogP contribution >= 0.6 is 0 Å². The molecule has 290 valence electrons. The van der Waals surface area contributed by atoms with Crippen LogP contribution in [0.1, 0.15) is 11.4 Å². The Morgan fingerprint density at radius 1 is 0.242 bits per heavy atom. The van der Waals surface area contributed by atoms with Crippen molar-refractivity contribution in [1.82, 2.24) is 9.97 Å². The van der Waals surface area contributed by atoms with Gasteiger partial charge in [-0.15, -0.1) is 0 Å². The highest BCUT2D eigenvalue weighted by Gasteiger charge is 2.22. The van der Waals surface area contributed by atoms with Crippen LogP contribution < -0.4 is 0 Å². The van der Waals surface area contributed by atoms with Crippen molar-refractivity contribution >= 4 is 64.9 Å². The summed E-state index contributed by atoms with van der Waals surface area (Å²) in [6.07, 6.45) is 0. The number of nitrogens with zero attached hydrogens (tertiary/aromatic N) is 2. The monoisotopic (exact) mass is 788 g/mol. The SMILES string of the molecule is Cc1ccc2c(-c3ccccc3)c(-c3cccc(-c4ccc5c(-c6ccc7ccccc7c6)c6ccccc6c(-c6ccc7ccccc7c6)c5c4)c3)c3ccc(C)nc3c2n1. The van der Waals surface area contributed by atoms with Crippen molar-refractivity contribution in [3.05, 3.63) is 218 Å². The van der Waals surface area contributed by atoms with Crippen LogP contribution in [0.4, 0.5) is 0 Å². The second-order valence-corrected chi connectivity index (χ2v) is 16.6. The van der Waals surface area contributed by atoms with Crippen molar-refractivity contribution in [3.8, 4) is 55.6 Å². The van der Waals surface area contributed by atoms with E-state index in [1.807, 2.05) is 0 Å². The molecule has 0 radical (unpaired) electrons. The Morgan fingerprint density at radius 3 is 1.27 bits per heavy atom. The normalized spacial score (nSPS) is 11.7. The Labute approximate surface area is 360 Å². The van der Waals surface area contributed by atoms with Crippen molar-refractivity contribution in [1.29, 1.82) is 0 Å². The summed E-state index contributed by atoms with van der Waals surface area (Å²) in [7, 11) is 0. The van der Waals surface area contributed by atoms with Crippen molar-refractivity contribution in [2.24, 2.45) is 0 Å². The van der Waals surface area contributed by atoms with Crippen LogP contribution in [0.15, 0.2) is 206 Å². The Balaban J connectivity index is 1.14. The van der Waals surface area contributed by atoms with Gasteiger partial charge in [-0.05, 0) is 149 Å². The molecule has 0 unspecified atom stereocenters. The van der Waals surface area contributed by atoms with Crippen molar-refractivity contribution in [3.63, 3.8) is 0 Å². The van der Waals surface area contributed by atoms with E-state index in [2.05, 4.69) is 220 Å². The second-order valence-electron chi connectivity index (χ2n) is 16.6. The average molecular weight is 789 g/mol. The van der Waals surface area contributed by atoms with Crippen molar-refractivity contribution in [2.45, 2.75) is 13.8 Å². The first-order valence-electron chi connectivity index (χ1n) is 21.4. The minimum Gasteiger partial charge on any atom is -0.251 e. The summed E-state index contributed by atoms with van der Waals surface area (Å²) in [5, 5.41) is 12.1. The number of pyridine rings is 2. The molecule has 10 aromatic carbocycles. The number of hydrogen-bond donors (Lipinski definition) is 0. The average Bonchev–Trinajstić information content (AvgIpc) is 3.32. The molecule has 0 saturated carbocycles. The molecular weight excluding hydrogens is 749 g/mol. The van der Waals surface area contributed by atoms with E-state index in [4.69, 9.17) is 9.97 Å². The molecule has 0 fully saturated rings. The molecule has 0 aliphatic heterocycles. The highest BCUT2D eigenvalue weighted by Crippen LogP contribution is 2.47. The van der Waals surface area contributed by atoms with Crippen LogP contribution in [0.25, 0.3) is 121 Å². The maximum Gasteiger partial charge on any atom is 0.0974 e. The molecular formula is C60H40N2. The number of aromatic nitrogens is 2. The van der Waals surface area contributed by atoms with Gasteiger partial charge in [0.25, 0.3) is 0 Å². The summed E-state index contributed by atoms with van der Waals surface area (Å²) >= 11 is 0. The fraction of sp³-hybridized carbons (Fsp3) is 0.0333. The van der Waals surface area contributed by atoms with Crippen LogP contribution in [0.3, 0.4) is 0 Å². The highest BCUT2D eigenvalue weighted by atomic mass is 14.8. The summed E-state index contributed by atoms with van der Waals surface area (Å²) in [4.78, 5) is 10.3. The molecule has 0 N–H and O–H groups in total. The maximum absolute atomic E-state index is 5.15. The van der Waals surface area contributed by atoms with Gasteiger partial charge in [-0.1, -0.05) is 170 Å². The molecule has 0 aliphatic rings. The summed E-state index contributed by atoms with van der Waals surface area (Å²) < 4.78 is 0. The van der Waals surface area contributed by atoms with Gasteiger partial charge in [0, 0.05) is 22.2 Å². The van der Waals surface area contributed by atoms with Crippen LogP contribution in [-0.4, -0.2) is 9.97 Å². The number of hydrogen-bond acceptors (Lipinski definition) is 2. The lowest BCUT2D eigenvalue weighted by Gasteiger charge is -2.20. The van der Waals surface area contributed by atoms with Gasteiger partial charge in [0.05, 0.1) is 11.0 Å². The third-order valence-corrected chi connectivity index (χ3v) is 12.7. The first-order valence-corrected chi connectivity index (χ1v) is 21.4. The molecule has 12 aromatic rings. The maximum atomic E-state index is 5.15. The largest absolute Gasteiger partial charge is 0.251 e. The summed E-state index contributed by atoms with van der Waals surface area (Å²) in [5.41, 5.74) is 15.7. The fourth-order valence-electron chi connectivity index (χ4n) is 9.88. The van der Waals surface area contributed by atoms with Gasteiger partial charge in [-0.25, -0.2) is 0 Å². The van der Waals surface area contributed by atoms with Gasteiger partial charge in [0.15, 0.2) is 0 Å². The van der Waals surface area contributed by atoms with Crippen molar-refractivity contribution in [2.75, 3.05) is 0 Å². The predicted molar refractivity (Wildman–Crippen MR) is 264 cm³/mol. The molecule has 2 heteroatoms. The lowest BCUT2D eigenvalue weighted by atomic mass is 9.83. The Bertz CT molecular complexity index is 3770. The molecule has 62 heavy (non-hydrogen) atoms. The molecule has 2 aromatic heterocycles. The van der Waals surface area contributed by atoms with E-state index in [0.717, 1.165) is 49.9 Å². The topological polar surface area (TPSA) is 25.8 Å². The van der Waals surface area contributed by atoms with Gasteiger partial charge in [0.2, 0.25) is 0 Å². The number of fused-ring (bicyclic) bond motifs is 7. The number of rotatable bonds is 5. The molecule has 0 aliphatic carbocycles. The van der Waals surface area contributed by atoms with E-state index in [1.54, 1.807) is 0 Å². The van der Waals surface area contributed by atoms with E-state index in [1.165, 1.54) is 82.0 Å². The van der Waals surface area contributed by atoms with Gasteiger partial charge in [0.1, 0.15) is 0 Å². The zero-order chi connectivity index (χ0) is 41.3. The number of aryl methyl sites for hydroxylation is 2. The molecule has 2 heterocycles. The van der Waals surface area contributed by atoms with Gasteiger partial charge >= 0.3 is 0 Å². The van der Waals surface area contributed by atoms with E-state index in [0.29, 0.717) is 0 Å².